The van der Waals surface area contributed by atoms with Crippen LogP contribution in [0.4, 0.5) is 5.69 Å². The Morgan fingerprint density at radius 3 is 2.39 bits per heavy atom. The van der Waals surface area contributed by atoms with Gasteiger partial charge in [-0.2, -0.15) is 0 Å². The summed E-state index contributed by atoms with van der Waals surface area (Å²) in [5.41, 5.74) is 4.58. The van der Waals surface area contributed by atoms with Gasteiger partial charge in [-0.15, -0.1) is 0 Å². The number of amides is 1. The Kier molecular flexibility index (Phi) is 6.51. The summed E-state index contributed by atoms with van der Waals surface area (Å²) >= 11 is 0. The molecule has 0 unspecified atom stereocenters. The van der Waals surface area contributed by atoms with E-state index in [1.54, 1.807) is 0 Å². The molecule has 0 saturated carbocycles. The Balaban J connectivity index is 1.50. The number of likely N-dealkylation sites (tertiary alicyclic amines) is 1. The fourth-order valence-electron chi connectivity index (χ4n) is 4.72. The van der Waals surface area contributed by atoms with E-state index in [4.69, 9.17) is 9.47 Å². The van der Waals surface area contributed by atoms with Gasteiger partial charge in [-0.1, -0.05) is 52.0 Å². The van der Waals surface area contributed by atoms with E-state index in [0.717, 1.165) is 36.6 Å². The van der Waals surface area contributed by atoms with Crippen LogP contribution in [0.2, 0.25) is 0 Å². The maximum absolute atomic E-state index is 13.1. The summed E-state index contributed by atoms with van der Waals surface area (Å²) in [7, 11) is 0. The maximum Gasteiger partial charge on any atom is 0.238 e. The van der Waals surface area contributed by atoms with Crippen LogP contribution in [0.25, 0.3) is 0 Å². The third-order valence-corrected chi connectivity index (χ3v) is 6.30. The molecule has 1 fully saturated rings. The number of hydrogen-bond acceptors (Lipinski definition) is 4. The highest BCUT2D eigenvalue weighted by Gasteiger charge is 2.29. The van der Waals surface area contributed by atoms with Gasteiger partial charge < -0.3 is 14.8 Å². The van der Waals surface area contributed by atoms with E-state index >= 15 is 0 Å². The minimum Gasteiger partial charge on any atom is -0.486 e. The van der Waals surface area contributed by atoms with Crippen molar-refractivity contribution in [2.45, 2.75) is 58.4 Å². The summed E-state index contributed by atoms with van der Waals surface area (Å²) < 4.78 is 11.4. The largest absolute Gasteiger partial charge is 0.486 e. The number of carbonyl (C=O) groups excluding carboxylic acids is 1. The monoisotopic (exact) mass is 422 g/mol. The van der Waals surface area contributed by atoms with Crippen molar-refractivity contribution in [3.05, 3.63) is 53.1 Å². The van der Waals surface area contributed by atoms with Crippen LogP contribution < -0.4 is 14.8 Å². The van der Waals surface area contributed by atoms with Gasteiger partial charge in [-0.3, -0.25) is 9.69 Å². The van der Waals surface area contributed by atoms with Gasteiger partial charge in [-0.25, -0.2) is 0 Å². The molecule has 1 amide bonds. The van der Waals surface area contributed by atoms with Crippen molar-refractivity contribution in [2.75, 3.05) is 31.6 Å². The summed E-state index contributed by atoms with van der Waals surface area (Å²) in [6.45, 7) is 11.2. The van der Waals surface area contributed by atoms with Crippen molar-refractivity contribution < 1.29 is 14.3 Å². The van der Waals surface area contributed by atoms with Crippen LogP contribution in [0, 0.1) is 0 Å². The number of fused-ring (bicyclic) bond motifs is 1. The number of benzene rings is 2. The second-order valence-electron chi connectivity index (χ2n) is 9.20. The molecule has 2 aromatic rings. The molecule has 5 nitrogen and oxygen atoms in total. The number of carbonyl (C=O) groups is 1. The van der Waals surface area contributed by atoms with Gasteiger partial charge in [0.05, 0.1) is 6.54 Å². The summed E-state index contributed by atoms with van der Waals surface area (Å²) in [6.07, 6.45) is 2.14. The minimum atomic E-state index is 0.0550. The van der Waals surface area contributed by atoms with E-state index in [9.17, 15) is 4.79 Å². The Bertz CT molecular complexity index is 912. The molecular weight excluding hydrogens is 388 g/mol. The molecule has 1 N–H and O–H groups in total. The molecule has 166 valence electrons. The van der Waals surface area contributed by atoms with E-state index in [2.05, 4.69) is 68.2 Å². The van der Waals surface area contributed by atoms with Crippen LogP contribution >= 0.6 is 0 Å². The number of nitrogens with zero attached hydrogens (tertiary/aromatic N) is 1. The predicted molar refractivity (Wildman–Crippen MR) is 124 cm³/mol. The van der Waals surface area contributed by atoms with E-state index < -0.39 is 0 Å². The van der Waals surface area contributed by atoms with Crippen LogP contribution in [0.3, 0.4) is 0 Å². The summed E-state index contributed by atoms with van der Waals surface area (Å²) in [5, 5.41) is 3.27. The molecule has 2 aromatic carbocycles. The standard InChI is InChI=1S/C26H34N2O3/c1-17(2)20-7-5-8-21(18(3)4)26(20)27-25(29)16-28-12-6-9-22(28)19-10-11-23-24(15-19)31-14-13-30-23/h5,7-8,10-11,15,17-18,22H,6,9,12-14,16H2,1-4H3,(H,27,29)/t22-/m1/s1. The highest BCUT2D eigenvalue weighted by Crippen LogP contribution is 2.38. The van der Waals surface area contributed by atoms with Gasteiger partial charge in [0.1, 0.15) is 13.2 Å². The van der Waals surface area contributed by atoms with Gasteiger partial charge >= 0.3 is 0 Å². The lowest BCUT2D eigenvalue weighted by Crippen LogP contribution is -2.33. The lowest BCUT2D eigenvalue weighted by atomic mass is 9.92. The molecule has 1 atom stereocenters. The first-order valence-electron chi connectivity index (χ1n) is 11.5. The molecule has 0 radical (unpaired) electrons. The molecule has 1 saturated heterocycles. The lowest BCUT2D eigenvalue weighted by molar-refractivity contribution is -0.117. The van der Waals surface area contributed by atoms with Crippen molar-refractivity contribution in [3.8, 4) is 11.5 Å². The average molecular weight is 423 g/mol. The Morgan fingerprint density at radius 2 is 1.71 bits per heavy atom. The zero-order chi connectivity index (χ0) is 22.0. The number of ether oxygens (including phenoxy) is 2. The highest BCUT2D eigenvalue weighted by atomic mass is 16.6. The molecule has 4 rings (SSSR count). The molecule has 5 heteroatoms. The predicted octanol–water partition coefficient (Wildman–Crippen LogP) is 5.48. The summed E-state index contributed by atoms with van der Waals surface area (Å²) in [5.74, 6) is 2.38. The first-order valence-corrected chi connectivity index (χ1v) is 11.5. The summed E-state index contributed by atoms with van der Waals surface area (Å²) in [6, 6.07) is 12.8. The van der Waals surface area contributed by atoms with Gasteiger partial charge in [-0.05, 0) is 60.0 Å². The number of nitrogens with one attached hydrogen (secondary N) is 1. The molecule has 0 bridgehead atoms. The van der Waals surface area contributed by atoms with E-state index in [0.29, 0.717) is 31.6 Å². The quantitative estimate of drug-likeness (QED) is 0.670. The van der Waals surface area contributed by atoms with Crippen LogP contribution in [0.5, 0.6) is 11.5 Å². The van der Waals surface area contributed by atoms with Crippen molar-refractivity contribution in [1.29, 1.82) is 0 Å². The number of anilines is 1. The number of rotatable bonds is 6. The van der Waals surface area contributed by atoms with Crippen LogP contribution in [0.15, 0.2) is 36.4 Å². The Morgan fingerprint density at radius 1 is 1.03 bits per heavy atom. The molecule has 0 aromatic heterocycles. The zero-order valence-electron chi connectivity index (χ0n) is 19.1. The first-order chi connectivity index (χ1) is 14.9. The zero-order valence-corrected chi connectivity index (χ0v) is 19.1. The summed E-state index contributed by atoms with van der Waals surface area (Å²) in [4.78, 5) is 15.4. The van der Waals surface area contributed by atoms with E-state index in [1.807, 2.05) is 6.07 Å². The van der Waals surface area contributed by atoms with Crippen molar-refractivity contribution in [2.24, 2.45) is 0 Å². The first kappa shape index (κ1) is 21.7. The van der Waals surface area contributed by atoms with Gasteiger partial charge in [0.25, 0.3) is 0 Å². The third-order valence-electron chi connectivity index (χ3n) is 6.30. The Labute approximate surface area is 185 Å². The minimum absolute atomic E-state index is 0.0550. The lowest BCUT2D eigenvalue weighted by Gasteiger charge is -2.27. The van der Waals surface area contributed by atoms with Crippen LogP contribution in [-0.4, -0.2) is 37.1 Å². The van der Waals surface area contributed by atoms with Gasteiger partial charge in [0, 0.05) is 11.7 Å². The highest BCUT2D eigenvalue weighted by molar-refractivity contribution is 5.94. The second-order valence-corrected chi connectivity index (χ2v) is 9.20. The normalized spacial score (nSPS) is 18.6. The molecule has 2 heterocycles. The van der Waals surface area contributed by atoms with Crippen LogP contribution in [0.1, 0.15) is 75.1 Å². The van der Waals surface area contributed by atoms with Crippen molar-refractivity contribution in [1.82, 2.24) is 4.90 Å². The third kappa shape index (κ3) is 4.72. The average Bonchev–Trinajstić information content (AvgIpc) is 3.21. The number of para-hydroxylation sites is 1. The van der Waals surface area contributed by atoms with Gasteiger partial charge in [0.2, 0.25) is 5.91 Å². The molecule has 2 aliphatic rings. The van der Waals surface area contributed by atoms with Crippen molar-refractivity contribution in [3.63, 3.8) is 0 Å². The second kappa shape index (κ2) is 9.31. The van der Waals surface area contributed by atoms with Crippen LogP contribution in [-0.2, 0) is 4.79 Å². The number of hydrogen-bond donors (Lipinski definition) is 1. The Hall–Kier alpha value is -2.53. The molecular formula is C26H34N2O3. The van der Waals surface area contributed by atoms with Crippen molar-refractivity contribution >= 4 is 11.6 Å². The fraction of sp³-hybridized carbons (Fsp3) is 0.500. The van der Waals surface area contributed by atoms with E-state index in [-0.39, 0.29) is 11.9 Å². The maximum atomic E-state index is 13.1. The topological polar surface area (TPSA) is 50.8 Å². The molecule has 0 spiro atoms. The molecule has 31 heavy (non-hydrogen) atoms. The van der Waals surface area contributed by atoms with E-state index in [1.165, 1.54) is 16.7 Å². The SMILES string of the molecule is CC(C)c1cccc(C(C)C)c1NC(=O)CN1CCC[C@@H]1c1ccc2c(c1)OCCO2. The molecule has 2 aliphatic heterocycles. The smallest absolute Gasteiger partial charge is 0.238 e. The molecule has 0 aliphatic carbocycles. The van der Waals surface area contributed by atoms with Gasteiger partial charge in [0.15, 0.2) is 11.5 Å². The fourth-order valence-corrected chi connectivity index (χ4v) is 4.72.